The van der Waals surface area contributed by atoms with E-state index in [2.05, 4.69) is 5.32 Å². The molecule has 1 amide bonds. The van der Waals surface area contributed by atoms with Gasteiger partial charge in [0.25, 0.3) is 5.91 Å². The standard InChI is InChI=1S/C24H33NO7/c1-15-8-6-10-18(26)22-19(31-24(2,3)32-22)11-7-9-16-12-17(29-5)13-20(30-14-28-4)21(16)23(27)25-15/h6-7,9-10,12-13,15,18-19,22,26H,8,11,14H2,1-5H3,(H,25,27)/b9-7?,10-6-/t15-,18?,19?,22+/m0/s1. The van der Waals surface area contributed by atoms with E-state index in [4.69, 9.17) is 23.7 Å². The summed E-state index contributed by atoms with van der Waals surface area (Å²) in [5, 5.41) is 13.7. The van der Waals surface area contributed by atoms with Gasteiger partial charge in [0.1, 0.15) is 23.7 Å². The first-order valence-electron chi connectivity index (χ1n) is 10.8. The van der Waals surface area contributed by atoms with Gasteiger partial charge in [0.2, 0.25) is 0 Å². The quantitative estimate of drug-likeness (QED) is 0.541. The number of nitrogens with one attached hydrogen (secondary N) is 1. The highest BCUT2D eigenvalue weighted by Gasteiger charge is 2.43. The maximum atomic E-state index is 13.2. The number of aliphatic hydroxyl groups excluding tert-OH is 1. The van der Waals surface area contributed by atoms with Crippen LogP contribution in [0.1, 0.15) is 49.5 Å². The second-order valence-electron chi connectivity index (χ2n) is 8.45. The van der Waals surface area contributed by atoms with Crippen molar-refractivity contribution in [1.82, 2.24) is 5.32 Å². The molecule has 8 nitrogen and oxygen atoms in total. The number of carbonyl (C=O) groups is 1. The Balaban J connectivity index is 2.02. The van der Waals surface area contributed by atoms with Crippen LogP contribution >= 0.6 is 0 Å². The molecule has 32 heavy (non-hydrogen) atoms. The van der Waals surface area contributed by atoms with Gasteiger partial charge in [0, 0.05) is 19.2 Å². The predicted molar refractivity (Wildman–Crippen MR) is 120 cm³/mol. The summed E-state index contributed by atoms with van der Waals surface area (Å²) in [4.78, 5) is 13.2. The lowest BCUT2D eigenvalue weighted by atomic mass is 10.00. The second-order valence-corrected chi connectivity index (χ2v) is 8.45. The summed E-state index contributed by atoms with van der Waals surface area (Å²) in [6.45, 7) is 5.56. The van der Waals surface area contributed by atoms with Crippen LogP contribution in [0, 0.1) is 0 Å². The van der Waals surface area contributed by atoms with E-state index in [1.807, 2.05) is 39.0 Å². The highest BCUT2D eigenvalue weighted by Crippen LogP contribution is 2.34. The van der Waals surface area contributed by atoms with E-state index in [1.165, 1.54) is 7.11 Å². The van der Waals surface area contributed by atoms with Gasteiger partial charge < -0.3 is 34.1 Å². The Labute approximate surface area is 189 Å². The number of hydrogen-bond donors (Lipinski definition) is 2. The van der Waals surface area contributed by atoms with Gasteiger partial charge in [-0.15, -0.1) is 0 Å². The zero-order valence-electron chi connectivity index (χ0n) is 19.3. The normalized spacial score (nSPS) is 28.8. The van der Waals surface area contributed by atoms with Gasteiger partial charge in [0.15, 0.2) is 12.6 Å². The molecule has 1 aromatic rings. The lowest BCUT2D eigenvalue weighted by Gasteiger charge is -2.21. The number of benzene rings is 1. The van der Waals surface area contributed by atoms with E-state index in [0.717, 1.165) is 0 Å². The smallest absolute Gasteiger partial charge is 0.255 e. The molecule has 176 valence electrons. The Morgan fingerprint density at radius 2 is 1.97 bits per heavy atom. The number of rotatable bonds is 4. The van der Waals surface area contributed by atoms with Gasteiger partial charge in [-0.05, 0) is 45.2 Å². The van der Waals surface area contributed by atoms with Gasteiger partial charge in [0.05, 0.1) is 18.8 Å². The first kappa shape index (κ1) is 24.3. The van der Waals surface area contributed by atoms with Crippen molar-refractivity contribution in [2.45, 2.75) is 63.8 Å². The topological polar surface area (TPSA) is 95.5 Å². The molecule has 4 atom stereocenters. The third-order valence-electron chi connectivity index (χ3n) is 5.33. The largest absolute Gasteiger partial charge is 0.497 e. The van der Waals surface area contributed by atoms with Crippen molar-refractivity contribution < 1.29 is 33.6 Å². The molecule has 0 aliphatic carbocycles. The van der Waals surface area contributed by atoms with Crippen molar-refractivity contribution in [1.29, 1.82) is 0 Å². The molecule has 0 spiro atoms. The van der Waals surface area contributed by atoms with Crippen LogP contribution in [0.3, 0.4) is 0 Å². The average Bonchev–Trinajstić information content (AvgIpc) is 3.05. The second kappa shape index (κ2) is 10.5. The lowest BCUT2D eigenvalue weighted by molar-refractivity contribution is -0.152. The summed E-state index contributed by atoms with van der Waals surface area (Å²) in [6.07, 6.45) is 6.66. The molecular weight excluding hydrogens is 414 g/mol. The predicted octanol–water partition coefficient (Wildman–Crippen LogP) is 3.04. The molecule has 0 saturated carbocycles. The molecule has 2 aliphatic heterocycles. The molecule has 1 aromatic carbocycles. The molecule has 2 heterocycles. The van der Waals surface area contributed by atoms with E-state index >= 15 is 0 Å². The van der Waals surface area contributed by atoms with Gasteiger partial charge in [-0.1, -0.05) is 24.3 Å². The Morgan fingerprint density at radius 3 is 2.69 bits per heavy atom. The Morgan fingerprint density at radius 1 is 1.19 bits per heavy atom. The maximum Gasteiger partial charge on any atom is 0.255 e. The molecule has 1 saturated heterocycles. The summed E-state index contributed by atoms with van der Waals surface area (Å²) >= 11 is 0. The Bertz CT molecular complexity index is 864. The highest BCUT2D eigenvalue weighted by atomic mass is 16.8. The van der Waals surface area contributed by atoms with Crippen LogP contribution in [0.2, 0.25) is 0 Å². The molecule has 2 N–H and O–H groups in total. The molecule has 0 radical (unpaired) electrons. The molecule has 1 fully saturated rings. The van der Waals surface area contributed by atoms with Crippen LogP contribution in [0.15, 0.2) is 30.4 Å². The molecule has 2 unspecified atom stereocenters. The molecule has 0 aromatic heterocycles. The number of ether oxygens (including phenoxy) is 5. The number of hydrogen-bond acceptors (Lipinski definition) is 7. The minimum absolute atomic E-state index is 0.00318. The fourth-order valence-electron chi connectivity index (χ4n) is 3.89. The van der Waals surface area contributed by atoms with Crippen molar-refractivity contribution in [3.8, 4) is 11.5 Å². The fraction of sp³-hybridized carbons (Fsp3) is 0.542. The molecule has 8 heteroatoms. The fourth-order valence-corrected chi connectivity index (χ4v) is 3.89. The van der Waals surface area contributed by atoms with Crippen molar-refractivity contribution >= 4 is 12.0 Å². The molecule has 3 rings (SSSR count). The number of fused-ring (bicyclic) bond motifs is 2. The van der Waals surface area contributed by atoms with Gasteiger partial charge >= 0.3 is 0 Å². The molecule has 2 aliphatic rings. The van der Waals surface area contributed by atoms with Crippen molar-refractivity contribution in [2.24, 2.45) is 0 Å². The number of carbonyl (C=O) groups excluding carboxylic acids is 1. The SMILES string of the molecule is COCOc1cc(OC)cc2c1C(=O)N[C@@H](C)C/C=C\C(O)[C@H]1OC(C)(C)OC1CC=C2. The summed E-state index contributed by atoms with van der Waals surface area (Å²) < 4.78 is 28.1. The third-order valence-corrected chi connectivity index (χ3v) is 5.33. The Hall–Kier alpha value is -2.39. The third kappa shape index (κ3) is 5.89. The monoisotopic (exact) mass is 447 g/mol. The van der Waals surface area contributed by atoms with Gasteiger partial charge in [-0.25, -0.2) is 0 Å². The number of methoxy groups -OCH3 is 2. The molecule has 0 bridgehead atoms. The number of aliphatic hydroxyl groups is 1. The minimum atomic E-state index is -0.817. The minimum Gasteiger partial charge on any atom is -0.497 e. The Kier molecular flexibility index (Phi) is 7.95. The summed E-state index contributed by atoms with van der Waals surface area (Å²) in [6, 6.07) is 3.28. The first-order chi connectivity index (χ1) is 15.2. The van der Waals surface area contributed by atoms with Crippen molar-refractivity contribution in [3.63, 3.8) is 0 Å². The van der Waals surface area contributed by atoms with E-state index < -0.39 is 18.0 Å². The van der Waals surface area contributed by atoms with Crippen LogP contribution in [0.4, 0.5) is 0 Å². The summed E-state index contributed by atoms with van der Waals surface area (Å²) in [5.41, 5.74) is 1.04. The van der Waals surface area contributed by atoms with Crippen LogP contribution in [-0.4, -0.2) is 62.2 Å². The lowest BCUT2D eigenvalue weighted by Crippen LogP contribution is -2.35. The van der Waals surface area contributed by atoms with E-state index in [1.54, 1.807) is 25.3 Å². The zero-order chi connectivity index (χ0) is 23.3. The average molecular weight is 448 g/mol. The van der Waals surface area contributed by atoms with Crippen LogP contribution in [0.25, 0.3) is 6.08 Å². The van der Waals surface area contributed by atoms with Crippen molar-refractivity contribution in [3.05, 3.63) is 41.5 Å². The summed E-state index contributed by atoms with van der Waals surface area (Å²) in [5.74, 6) is -0.136. The van der Waals surface area contributed by atoms with Crippen LogP contribution < -0.4 is 14.8 Å². The highest BCUT2D eigenvalue weighted by molar-refractivity contribution is 6.01. The number of amides is 1. The van der Waals surface area contributed by atoms with E-state index in [0.29, 0.717) is 35.5 Å². The van der Waals surface area contributed by atoms with E-state index in [9.17, 15) is 9.90 Å². The molecular formula is C24H33NO7. The van der Waals surface area contributed by atoms with Crippen LogP contribution in [0.5, 0.6) is 11.5 Å². The summed E-state index contributed by atoms with van der Waals surface area (Å²) in [7, 11) is 3.07. The first-order valence-corrected chi connectivity index (χ1v) is 10.8. The van der Waals surface area contributed by atoms with Gasteiger partial charge in [-0.3, -0.25) is 4.79 Å². The van der Waals surface area contributed by atoms with Crippen molar-refractivity contribution in [2.75, 3.05) is 21.0 Å². The maximum absolute atomic E-state index is 13.2. The van der Waals surface area contributed by atoms with E-state index in [-0.39, 0.29) is 24.8 Å². The zero-order valence-corrected chi connectivity index (χ0v) is 19.3. The van der Waals surface area contributed by atoms with Crippen LogP contribution in [-0.2, 0) is 14.2 Å². The van der Waals surface area contributed by atoms with Gasteiger partial charge in [-0.2, -0.15) is 0 Å².